The van der Waals surface area contributed by atoms with E-state index < -0.39 is 0 Å². The third kappa shape index (κ3) is 24.6. The van der Waals surface area contributed by atoms with E-state index in [2.05, 4.69) is 43.8 Å². The second kappa shape index (κ2) is 31.6. The van der Waals surface area contributed by atoms with Gasteiger partial charge in [0.1, 0.15) is 6.54 Å². The zero-order valence-corrected chi connectivity index (χ0v) is 29.5. The van der Waals surface area contributed by atoms with Gasteiger partial charge in [0, 0.05) is 18.1 Å². The molecule has 0 fully saturated rings. The van der Waals surface area contributed by atoms with E-state index in [4.69, 9.17) is 0 Å². The Morgan fingerprint density at radius 3 is 1.02 bits per heavy atom. The predicted molar refractivity (Wildman–Crippen MR) is 190 cm³/mol. The van der Waals surface area contributed by atoms with Gasteiger partial charge in [-0.2, -0.15) is 0 Å². The maximum absolute atomic E-state index is 2.51. The van der Waals surface area contributed by atoms with Crippen molar-refractivity contribution in [3.8, 4) is 0 Å². The Morgan fingerprint density at radius 1 is 0.357 bits per heavy atom. The van der Waals surface area contributed by atoms with Crippen molar-refractivity contribution in [2.75, 3.05) is 0 Å². The summed E-state index contributed by atoms with van der Waals surface area (Å²) in [6, 6.07) is 2.47. The van der Waals surface area contributed by atoms with E-state index in [1.165, 1.54) is 212 Å². The molecule has 1 aromatic rings. The van der Waals surface area contributed by atoms with Crippen LogP contribution in [0.25, 0.3) is 0 Å². The largest absolute Gasteiger partial charge is 0.205 e. The number of pyridine rings is 1. The van der Waals surface area contributed by atoms with Crippen LogP contribution in [0.1, 0.15) is 225 Å². The minimum Gasteiger partial charge on any atom is -0.205 e. The lowest BCUT2D eigenvalue weighted by atomic mass is 9.97. The summed E-state index contributed by atoms with van der Waals surface area (Å²) in [5.41, 5.74) is 3.30. The first-order valence-corrected chi connectivity index (χ1v) is 19.8. The van der Waals surface area contributed by atoms with Gasteiger partial charge in [0.25, 0.3) is 0 Å². The van der Waals surface area contributed by atoms with Gasteiger partial charge in [-0.15, -0.1) is 0 Å². The van der Waals surface area contributed by atoms with Crippen molar-refractivity contribution in [3.05, 3.63) is 29.6 Å². The van der Waals surface area contributed by atoms with Gasteiger partial charge in [-0.05, 0) is 31.2 Å². The molecule has 0 atom stereocenters. The van der Waals surface area contributed by atoms with E-state index in [1.807, 2.05) is 0 Å². The summed E-state index contributed by atoms with van der Waals surface area (Å²) in [5, 5.41) is 0. The van der Waals surface area contributed by atoms with Crippen LogP contribution in [0.15, 0.2) is 18.5 Å². The van der Waals surface area contributed by atoms with Crippen LogP contribution in [-0.4, -0.2) is 0 Å². The third-order valence-corrected chi connectivity index (χ3v) is 9.57. The molecule has 0 aromatic carbocycles. The monoisotopic (exact) mass is 585 g/mol. The van der Waals surface area contributed by atoms with Crippen molar-refractivity contribution < 1.29 is 4.57 Å². The fourth-order valence-corrected chi connectivity index (χ4v) is 6.59. The number of rotatable bonds is 33. The lowest BCUT2D eigenvalue weighted by Crippen LogP contribution is -2.33. The number of hydrogen-bond acceptors (Lipinski definition) is 0. The van der Waals surface area contributed by atoms with Crippen molar-refractivity contribution in [3.63, 3.8) is 0 Å². The number of unbranched alkanes of at least 4 members (excludes halogenated alkanes) is 27. The number of aryl methyl sites for hydroxylation is 3. The van der Waals surface area contributed by atoms with E-state index in [0.29, 0.717) is 0 Å². The maximum Gasteiger partial charge on any atom is 0.172 e. The Labute approximate surface area is 266 Å². The number of hydrogen-bond donors (Lipinski definition) is 0. The lowest BCUT2D eigenvalue weighted by molar-refractivity contribution is -0.697. The molecule has 0 saturated carbocycles. The predicted octanol–water partition coefficient (Wildman–Crippen LogP) is 13.8. The fourth-order valence-electron chi connectivity index (χ4n) is 6.59. The SMILES string of the molecule is CCCCCCCCCCCCCCCCc1cc[n+](CCCC)cc1CCCCCCCCCCCCCCCC. The van der Waals surface area contributed by atoms with Crippen molar-refractivity contribution in [1.29, 1.82) is 0 Å². The molecule has 0 aliphatic carbocycles. The topological polar surface area (TPSA) is 3.88 Å². The highest BCUT2D eigenvalue weighted by Gasteiger charge is 2.10. The smallest absolute Gasteiger partial charge is 0.172 e. The first-order chi connectivity index (χ1) is 20.8. The molecule has 1 heteroatoms. The van der Waals surface area contributed by atoms with Gasteiger partial charge in [-0.3, -0.25) is 0 Å². The molecule has 0 radical (unpaired) electrons. The van der Waals surface area contributed by atoms with Crippen LogP contribution in [0.2, 0.25) is 0 Å². The minimum absolute atomic E-state index is 1.18. The fraction of sp³-hybridized carbons (Fsp3) is 0.878. The van der Waals surface area contributed by atoms with Crippen LogP contribution in [0.4, 0.5) is 0 Å². The Kier molecular flexibility index (Phi) is 29.4. The second-order valence-electron chi connectivity index (χ2n) is 13.8. The standard InChI is InChI=1S/C41H78N/c1-4-7-10-12-14-16-18-20-22-24-26-28-30-32-34-40-36-38-42(37-9-6-3)39-41(40)35-33-31-29-27-25-23-21-19-17-15-13-11-8-5-2/h36,38-39H,4-35,37H2,1-3H3/q+1. The average Bonchev–Trinajstić information content (AvgIpc) is 3.01. The van der Waals surface area contributed by atoms with Crippen LogP contribution >= 0.6 is 0 Å². The number of nitrogens with zero attached hydrogens (tertiary/aromatic N) is 1. The van der Waals surface area contributed by atoms with Crippen LogP contribution in [0.3, 0.4) is 0 Å². The molecule has 42 heavy (non-hydrogen) atoms. The maximum atomic E-state index is 2.51. The summed E-state index contributed by atoms with van der Waals surface area (Å²) >= 11 is 0. The highest BCUT2D eigenvalue weighted by Crippen LogP contribution is 2.18. The first-order valence-electron chi connectivity index (χ1n) is 19.8. The van der Waals surface area contributed by atoms with Crippen LogP contribution in [0, 0.1) is 0 Å². The first kappa shape index (κ1) is 39.2. The van der Waals surface area contributed by atoms with Gasteiger partial charge in [0.05, 0.1) is 0 Å². The zero-order chi connectivity index (χ0) is 30.2. The summed E-state index contributed by atoms with van der Waals surface area (Å²) < 4.78 is 2.47. The Morgan fingerprint density at radius 2 is 0.667 bits per heavy atom. The molecule has 1 heterocycles. The van der Waals surface area contributed by atoms with Gasteiger partial charge in [-0.25, -0.2) is 4.57 Å². The molecule has 246 valence electrons. The van der Waals surface area contributed by atoms with Gasteiger partial charge < -0.3 is 0 Å². The molecule has 0 aliphatic rings. The summed E-state index contributed by atoms with van der Waals surface area (Å²) in [6.45, 7) is 8.11. The highest BCUT2D eigenvalue weighted by molar-refractivity contribution is 5.21. The van der Waals surface area contributed by atoms with Crippen molar-refractivity contribution in [1.82, 2.24) is 0 Å². The van der Waals surface area contributed by atoms with Crippen LogP contribution < -0.4 is 4.57 Å². The molecular weight excluding hydrogens is 506 g/mol. The normalized spacial score (nSPS) is 11.5. The van der Waals surface area contributed by atoms with E-state index in [1.54, 1.807) is 11.1 Å². The van der Waals surface area contributed by atoms with Gasteiger partial charge >= 0.3 is 0 Å². The van der Waals surface area contributed by atoms with Gasteiger partial charge in [0.2, 0.25) is 0 Å². The Balaban J connectivity index is 2.14. The number of aromatic nitrogens is 1. The lowest BCUT2D eigenvalue weighted by Gasteiger charge is -2.09. The molecule has 0 bridgehead atoms. The Bertz CT molecular complexity index is 665. The molecular formula is C41H78N+. The van der Waals surface area contributed by atoms with E-state index in [9.17, 15) is 0 Å². The molecule has 1 nitrogen and oxygen atoms in total. The average molecular weight is 585 g/mol. The minimum atomic E-state index is 1.18. The van der Waals surface area contributed by atoms with Crippen molar-refractivity contribution in [2.24, 2.45) is 0 Å². The van der Waals surface area contributed by atoms with Crippen molar-refractivity contribution in [2.45, 2.75) is 233 Å². The molecule has 1 rings (SSSR count). The Hall–Kier alpha value is -0.850. The van der Waals surface area contributed by atoms with Gasteiger partial charge in [-0.1, -0.05) is 194 Å². The second-order valence-corrected chi connectivity index (χ2v) is 13.8. The van der Waals surface area contributed by atoms with Crippen molar-refractivity contribution >= 4 is 0 Å². The summed E-state index contributed by atoms with van der Waals surface area (Å²) in [5.74, 6) is 0. The quantitative estimate of drug-likeness (QED) is 0.0571. The van der Waals surface area contributed by atoms with Crippen LogP contribution in [0.5, 0.6) is 0 Å². The van der Waals surface area contributed by atoms with E-state index in [-0.39, 0.29) is 0 Å². The summed E-state index contributed by atoms with van der Waals surface area (Å²) in [7, 11) is 0. The summed E-state index contributed by atoms with van der Waals surface area (Å²) in [4.78, 5) is 0. The molecule has 0 amide bonds. The molecule has 0 saturated heterocycles. The zero-order valence-electron chi connectivity index (χ0n) is 29.5. The molecule has 0 unspecified atom stereocenters. The summed E-state index contributed by atoms with van der Waals surface area (Å²) in [6.07, 6.45) is 50.5. The molecule has 0 aliphatic heterocycles. The third-order valence-electron chi connectivity index (χ3n) is 9.57. The molecule has 0 spiro atoms. The highest BCUT2D eigenvalue weighted by atomic mass is 14.9. The van der Waals surface area contributed by atoms with E-state index in [0.717, 1.165) is 0 Å². The van der Waals surface area contributed by atoms with Crippen LogP contribution in [-0.2, 0) is 19.4 Å². The molecule has 0 N–H and O–H groups in total. The van der Waals surface area contributed by atoms with E-state index >= 15 is 0 Å². The van der Waals surface area contributed by atoms with Gasteiger partial charge in [0.15, 0.2) is 12.4 Å². The molecule has 1 aromatic heterocycles.